The molecule has 1 N–H and O–H groups in total. The number of rotatable bonds is 7. The van der Waals surface area contributed by atoms with Crippen LogP contribution in [0.2, 0.25) is 0 Å². The van der Waals surface area contributed by atoms with Crippen molar-refractivity contribution in [1.82, 2.24) is 0 Å². The fraction of sp³-hybridized carbons (Fsp3) is 0.269. The highest BCUT2D eigenvalue weighted by molar-refractivity contribution is 5.94. The molecule has 0 aromatic heterocycles. The van der Waals surface area contributed by atoms with Crippen molar-refractivity contribution in [1.29, 1.82) is 0 Å². The number of para-hydroxylation sites is 1. The van der Waals surface area contributed by atoms with Crippen LogP contribution in [0.1, 0.15) is 39.7 Å². The minimum absolute atomic E-state index is 0.0798. The zero-order valence-corrected chi connectivity index (χ0v) is 18.0. The lowest BCUT2D eigenvalue weighted by Crippen LogP contribution is -2.32. The molecule has 3 aromatic carbocycles. The molecule has 4 nitrogen and oxygen atoms in total. The Kier molecular flexibility index (Phi) is 6.78. The van der Waals surface area contributed by atoms with Crippen molar-refractivity contribution in [3.05, 3.63) is 84.4 Å². The van der Waals surface area contributed by atoms with E-state index in [1.807, 2.05) is 85.8 Å². The zero-order valence-electron chi connectivity index (χ0n) is 18.0. The summed E-state index contributed by atoms with van der Waals surface area (Å²) >= 11 is 0. The van der Waals surface area contributed by atoms with E-state index in [9.17, 15) is 4.79 Å². The Hall–Kier alpha value is -3.27. The summed E-state index contributed by atoms with van der Waals surface area (Å²) in [5.74, 6) is 2.00. The van der Waals surface area contributed by atoms with Gasteiger partial charge in [-0.15, -0.1) is 0 Å². The Bertz CT molecular complexity index is 942. The Morgan fingerprint density at radius 1 is 0.833 bits per heavy atom. The van der Waals surface area contributed by atoms with Crippen LogP contribution in [-0.2, 0) is 10.2 Å². The van der Waals surface area contributed by atoms with E-state index in [1.165, 1.54) is 5.56 Å². The number of ether oxygens (including phenoxy) is 2. The molecule has 0 aliphatic carbocycles. The van der Waals surface area contributed by atoms with Crippen LogP contribution in [0, 0.1) is 0 Å². The van der Waals surface area contributed by atoms with Gasteiger partial charge in [0.1, 0.15) is 17.2 Å². The normalized spacial score (nSPS) is 12.1. The maximum atomic E-state index is 12.7. The summed E-state index contributed by atoms with van der Waals surface area (Å²) in [6, 6.07) is 24.8. The third-order valence-corrected chi connectivity index (χ3v) is 4.76. The van der Waals surface area contributed by atoms with Crippen molar-refractivity contribution in [2.45, 2.75) is 45.6 Å². The minimum Gasteiger partial charge on any atom is -0.481 e. The van der Waals surface area contributed by atoms with Gasteiger partial charge in [-0.25, -0.2) is 0 Å². The summed E-state index contributed by atoms with van der Waals surface area (Å²) in [7, 11) is 0. The van der Waals surface area contributed by atoms with Gasteiger partial charge >= 0.3 is 0 Å². The smallest absolute Gasteiger partial charge is 0.265 e. The highest BCUT2D eigenvalue weighted by atomic mass is 16.5. The molecule has 30 heavy (non-hydrogen) atoms. The molecule has 0 fully saturated rings. The summed E-state index contributed by atoms with van der Waals surface area (Å²) in [6.45, 7) is 8.44. The van der Waals surface area contributed by atoms with Gasteiger partial charge in [0.15, 0.2) is 6.10 Å². The van der Waals surface area contributed by atoms with Gasteiger partial charge in [-0.3, -0.25) is 4.79 Å². The molecular weight excluding hydrogens is 374 g/mol. The first-order valence-electron chi connectivity index (χ1n) is 10.3. The van der Waals surface area contributed by atoms with Gasteiger partial charge in [0, 0.05) is 5.69 Å². The van der Waals surface area contributed by atoms with E-state index >= 15 is 0 Å². The van der Waals surface area contributed by atoms with E-state index in [2.05, 4.69) is 26.1 Å². The predicted octanol–water partition coefficient (Wildman–Crippen LogP) is 6.57. The van der Waals surface area contributed by atoms with E-state index in [1.54, 1.807) is 0 Å². The van der Waals surface area contributed by atoms with Crippen LogP contribution in [0.15, 0.2) is 78.9 Å². The van der Waals surface area contributed by atoms with Crippen molar-refractivity contribution in [2.75, 3.05) is 5.32 Å². The van der Waals surface area contributed by atoms with Crippen LogP contribution in [0.5, 0.6) is 17.2 Å². The van der Waals surface area contributed by atoms with Crippen molar-refractivity contribution in [2.24, 2.45) is 0 Å². The number of carbonyl (C=O) groups excluding carboxylic acids is 1. The molecule has 0 spiro atoms. The van der Waals surface area contributed by atoms with Crippen LogP contribution in [-0.4, -0.2) is 12.0 Å². The standard InChI is InChI=1S/C26H29NO3/c1-5-24(30-23-15-11-19(12-16-23)26(2,3)4)25(28)27-20-13-17-22(18-14-20)29-21-9-7-6-8-10-21/h6-18,24H,5H2,1-4H3,(H,27,28)/t24-/m0/s1. The van der Waals surface area contributed by atoms with Crippen LogP contribution < -0.4 is 14.8 Å². The lowest BCUT2D eigenvalue weighted by atomic mass is 9.87. The fourth-order valence-corrected chi connectivity index (χ4v) is 2.97. The molecule has 0 bridgehead atoms. The van der Waals surface area contributed by atoms with E-state index in [0.717, 1.165) is 5.75 Å². The van der Waals surface area contributed by atoms with Crippen molar-refractivity contribution in [3.8, 4) is 17.2 Å². The molecule has 0 aliphatic heterocycles. The SMILES string of the molecule is CC[C@H](Oc1ccc(C(C)(C)C)cc1)C(=O)Nc1ccc(Oc2ccccc2)cc1. The molecule has 1 amide bonds. The molecule has 0 heterocycles. The highest BCUT2D eigenvalue weighted by Crippen LogP contribution is 2.26. The van der Waals surface area contributed by atoms with E-state index in [4.69, 9.17) is 9.47 Å². The van der Waals surface area contributed by atoms with Gasteiger partial charge in [0.2, 0.25) is 0 Å². The van der Waals surface area contributed by atoms with Gasteiger partial charge in [-0.2, -0.15) is 0 Å². The average molecular weight is 404 g/mol. The number of hydrogen-bond donors (Lipinski definition) is 1. The summed E-state index contributed by atoms with van der Waals surface area (Å²) in [6.07, 6.45) is 0.00735. The van der Waals surface area contributed by atoms with Gasteiger partial charge in [-0.1, -0.05) is 58.0 Å². The molecule has 3 aromatic rings. The van der Waals surface area contributed by atoms with Crippen LogP contribution in [0.4, 0.5) is 5.69 Å². The average Bonchev–Trinajstić information content (AvgIpc) is 2.74. The Morgan fingerprint density at radius 2 is 1.40 bits per heavy atom. The van der Waals surface area contributed by atoms with Crippen molar-refractivity contribution < 1.29 is 14.3 Å². The van der Waals surface area contributed by atoms with Gasteiger partial charge in [0.25, 0.3) is 5.91 Å². The molecule has 0 aliphatic rings. The van der Waals surface area contributed by atoms with E-state index in [-0.39, 0.29) is 11.3 Å². The molecule has 156 valence electrons. The molecule has 0 saturated heterocycles. The van der Waals surface area contributed by atoms with E-state index < -0.39 is 6.10 Å². The number of benzene rings is 3. The summed E-state index contributed by atoms with van der Waals surface area (Å²) < 4.78 is 11.7. The Balaban J connectivity index is 1.59. The lowest BCUT2D eigenvalue weighted by Gasteiger charge is -2.21. The third kappa shape index (κ3) is 5.86. The Labute approximate surface area is 178 Å². The van der Waals surface area contributed by atoms with Gasteiger partial charge in [-0.05, 0) is 65.9 Å². The zero-order chi connectivity index (χ0) is 21.6. The van der Waals surface area contributed by atoms with E-state index in [0.29, 0.717) is 23.6 Å². The minimum atomic E-state index is -0.564. The monoisotopic (exact) mass is 403 g/mol. The van der Waals surface area contributed by atoms with Gasteiger partial charge < -0.3 is 14.8 Å². The van der Waals surface area contributed by atoms with Crippen LogP contribution >= 0.6 is 0 Å². The molecule has 0 unspecified atom stereocenters. The molecule has 1 atom stereocenters. The first kappa shape index (κ1) is 21.4. The quantitative estimate of drug-likeness (QED) is 0.485. The molecule has 0 saturated carbocycles. The topological polar surface area (TPSA) is 47.6 Å². The lowest BCUT2D eigenvalue weighted by molar-refractivity contribution is -0.122. The number of amides is 1. The van der Waals surface area contributed by atoms with Gasteiger partial charge in [0.05, 0.1) is 0 Å². The second kappa shape index (κ2) is 9.49. The highest BCUT2D eigenvalue weighted by Gasteiger charge is 2.19. The van der Waals surface area contributed by atoms with Crippen molar-refractivity contribution >= 4 is 11.6 Å². The first-order chi connectivity index (χ1) is 14.3. The Morgan fingerprint density at radius 3 is 1.97 bits per heavy atom. The number of anilines is 1. The molecule has 3 rings (SSSR count). The second-order valence-electron chi connectivity index (χ2n) is 8.22. The van der Waals surface area contributed by atoms with Crippen LogP contribution in [0.25, 0.3) is 0 Å². The van der Waals surface area contributed by atoms with Crippen molar-refractivity contribution in [3.63, 3.8) is 0 Å². The third-order valence-electron chi connectivity index (χ3n) is 4.76. The molecule has 0 radical (unpaired) electrons. The number of hydrogen-bond acceptors (Lipinski definition) is 3. The number of nitrogens with one attached hydrogen (secondary N) is 1. The maximum Gasteiger partial charge on any atom is 0.265 e. The largest absolute Gasteiger partial charge is 0.481 e. The molecule has 4 heteroatoms. The summed E-state index contributed by atoms with van der Waals surface area (Å²) in [4.78, 5) is 12.7. The fourth-order valence-electron chi connectivity index (χ4n) is 2.97. The number of carbonyl (C=O) groups is 1. The predicted molar refractivity (Wildman–Crippen MR) is 121 cm³/mol. The maximum absolute atomic E-state index is 12.7. The first-order valence-corrected chi connectivity index (χ1v) is 10.3. The molecular formula is C26H29NO3. The second-order valence-corrected chi connectivity index (χ2v) is 8.22. The van der Waals surface area contributed by atoms with Crippen LogP contribution in [0.3, 0.4) is 0 Å². The summed E-state index contributed by atoms with van der Waals surface area (Å²) in [5.41, 5.74) is 2.01. The summed E-state index contributed by atoms with van der Waals surface area (Å²) in [5, 5.41) is 2.92.